The van der Waals surface area contributed by atoms with E-state index in [0.717, 1.165) is 0 Å². The molecule has 0 amide bonds. The number of nitrogens with one attached hydrogen (secondary N) is 1. The number of ether oxygens (including phenoxy) is 3. The quantitative estimate of drug-likeness (QED) is 0.775. The van der Waals surface area contributed by atoms with Gasteiger partial charge in [-0.2, -0.15) is 0 Å². The first kappa shape index (κ1) is 17.8. The van der Waals surface area contributed by atoms with E-state index in [-0.39, 0.29) is 22.3 Å². The normalized spacial score (nSPS) is 11.0. The summed E-state index contributed by atoms with van der Waals surface area (Å²) in [5.41, 5.74) is 0.208. The number of aromatic nitrogens is 2. The fourth-order valence-electron chi connectivity index (χ4n) is 1.91. The van der Waals surface area contributed by atoms with Crippen LogP contribution in [0.4, 0.5) is 5.69 Å². The molecule has 1 N–H and O–H groups in total. The number of nitrogens with zero attached hydrogens (tertiary/aromatic N) is 2. The molecular formula is C15H19N3O5S. The van der Waals surface area contributed by atoms with Gasteiger partial charge in [0.15, 0.2) is 0 Å². The van der Waals surface area contributed by atoms with Crippen molar-refractivity contribution in [3.63, 3.8) is 0 Å². The summed E-state index contributed by atoms with van der Waals surface area (Å²) in [6.07, 6.45) is 2.63. The van der Waals surface area contributed by atoms with Gasteiger partial charge in [0.1, 0.15) is 16.4 Å². The second-order valence-corrected chi connectivity index (χ2v) is 6.19. The number of anilines is 1. The van der Waals surface area contributed by atoms with Crippen molar-refractivity contribution in [2.24, 2.45) is 0 Å². The van der Waals surface area contributed by atoms with E-state index in [1.165, 1.54) is 25.6 Å². The summed E-state index contributed by atoms with van der Waals surface area (Å²) in [5.74, 6) is 0.676. The van der Waals surface area contributed by atoms with Crippen LogP contribution in [0.1, 0.15) is 13.8 Å². The third-order valence-electron chi connectivity index (χ3n) is 2.88. The number of hydrogen-bond donors (Lipinski definition) is 1. The summed E-state index contributed by atoms with van der Waals surface area (Å²) in [5, 5.41) is 0. The third kappa shape index (κ3) is 4.25. The summed E-state index contributed by atoms with van der Waals surface area (Å²) < 4.78 is 43.4. The van der Waals surface area contributed by atoms with Gasteiger partial charge in [0.25, 0.3) is 10.0 Å². The Hall–Kier alpha value is -2.55. The largest absolute Gasteiger partial charge is 0.494 e. The molecule has 0 fully saturated rings. The van der Waals surface area contributed by atoms with E-state index in [1.54, 1.807) is 19.1 Å². The van der Waals surface area contributed by atoms with Gasteiger partial charge in [-0.05, 0) is 26.0 Å². The van der Waals surface area contributed by atoms with Crippen LogP contribution in [0.5, 0.6) is 17.5 Å². The molecule has 1 heterocycles. The maximum absolute atomic E-state index is 12.7. The lowest BCUT2D eigenvalue weighted by Gasteiger charge is -2.14. The van der Waals surface area contributed by atoms with Gasteiger partial charge in [-0.3, -0.25) is 4.72 Å². The predicted molar refractivity (Wildman–Crippen MR) is 88.2 cm³/mol. The van der Waals surface area contributed by atoms with Crippen LogP contribution in [-0.2, 0) is 10.0 Å². The summed E-state index contributed by atoms with van der Waals surface area (Å²) in [6, 6.07) is 4.78. The average molecular weight is 353 g/mol. The van der Waals surface area contributed by atoms with Crippen LogP contribution in [-0.4, -0.2) is 38.7 Å². The third-order valence-corrected chi connectivity index (χ3v) is 4.28. The van der Waals surface area contributed by atoms with E-state index in [1.807, 2.05) is 6.92 Å². The zero-order valence-corrected chi connectivity index (χ0v) is 14.5. The Morgan fingerprint density at radius 2 is 1.75 bits per heavy atom. The first-order valence-electron chi connectivity index (χ1n) is 7.28. The van der Waals surface area contributed by atoms with E-state index >= 15 is 0 Å². The maximum Gasteiger partial charge on any atom is 0.316 e. The van der Waals surface area contributed by atoms with E-state index in [4.69, 9.17) is 14.2 Å². The number of methoxy groups -OCH3 is 1. The van der Waals surface area contributed by atoms with Crippen molar-refractivity contribution in [3.8, 4) is 17.5 Å². The lowest BCUT2D eigenvalue weighted by atomic mass is 10.3. The van der Waals surface area contributed by atoms with Crippen LogP contribution < -0.4 is 18.9 Å². The van der Waals surface area contributed by atoms with Gasteiger partial charge >= 0.3 is 6.01 Å². The molecule has 0 aliphatic carbocycles. The minimum atomic E-state index is -3.90. The molecule has 1 aromatic heterocycles. The first-order chi connectivity index (χ1) is 11.5. The number of rotatable bonds is 8. The Kier molecular flexibility index (Phi) is 5.80. The van der Waals surface area contributed by atoms with Gasteiger partial charge in [0, 0.05) is 6.07 Å². The molecule has 2 aromatic rings. The van der Waals surface area contributed by atoms with Crippen LogP contribution in [0.25, 0.3) is 0 Å². The standard InChI is InChI=1S/C15H19N3O5S/c1-4-22-12-6-7-13(23-5-2)14(8-12)24(19,20)18-11-9-16-15(21-3)17-10-11/h6-10,18H,4-5H2,1-3H3. The Morgan fingerprint density at radius 1 is 1.08 bits per heavy atom. The highest BCUT2D eigenvalue weighted by molar-refractivity contribution is 7.92. The fourth-order valence-corrected chi connectivity index (χ4v) is 3.10. The van der Waals surface area contributed by atoms with Gasteiger partial charge in [-0.1, -0.05) is 0 Å². The molecule has 0 spiro atoms. The Morgan fingerprint density at radius 3 is 2.33 bits per heavy atom. The van der Waals surface area contributed by atoms with Crippen molar-refractivity contribution >= 4 is 15.7 Å². The second-order valence-electron chi connectivity index (χ2n) is 4.54. The Bertz CT molecular complexity index is 778. The summed E-state index contributed by atoms with van der Waals surface area (Å²) in [4.78, 5) is 7.71. The maximum atomic E-state index is 12.7. The minimum Gasteiger partial charge on any atom is -0.494 e. The molecule has 0 radical (unpaired) electrons. The highest BCUT2D eigenvalue weighted by Gasteiger charge is 2.21. The average Bonchev–Trinajstić information content (AvgIpc) is 2.57. The van der Waals surface area contributed by atoms with E-state index in [0.29, 0.717) is 19.0 Å². The van der Waals surface area contributed by atoms with Crippen LogP contribution in [0.15, 0.2) is 35.5 Å². The second kappa shape index (κ2) is 7.82. The molecule has 0 aliphatic rings. The summed E-state index contributed by atoms with van der Waals surface area (Å²) in [6.45, 7) is 4.35. The topological polar surface area (TPSA) is 99.6 Å². The van der Waals surface area contributed by atoms with E-state index in [9.17, 15) is 8.42 Å². The predicted octanol–water partition coefficient (Wildman–Crippen LogP) is 2.08. The lowest BCUT2D eigenvalue weighted by molar-refractivity contribution is 0.322. The number of sulfonamides is 1. The molecular weight excluding hydrogens is 334 g/mol. The summed E-state index contributed by atoms with van der Waals surface area (Å²) in [7, 11) is -2.48. The van der Waals surface area contributed by atoms with Crippen molar-refractivity contribution in [1.82, 2.24) is 9.97 Å². The molecule has 0 atom stereocenters. The van der Waals surface area contributed by atoms with Crippen molar-refractivity contribution < 1.29 is 22.6 Å². The number of hydrogen-bond acceptors (Lipinski definition) is 7. The van der Waals surface area contributed by atoms with Gasteiger partial charge in [-0.15, -0.1) is 0 Å². The zero-order valence-electron chi connectivity index (χ0n) is 13.6. The minimum absolute atomic E-state index is 0.0221. The SMILES string of the molecule is CCOc1ccc(OCC)c(S(=O)(=O)Nc2cnc(OC)nc2)c1. The first-order valence-corrected chi connectivity index (χ1v) is 8.77. The van der Waals surface area contributed by atoms with Crippen molar-refractivity contribution in [2.75, 3.05) is 25.0 Å². The fraction of sp³-hybridized carbons (Fsp3) is 0.333. The van der Waals surface area contributed by atoms with Crippen LogP contribution in [0.2, 0.25) is 0 Å². The molecule has 24 heavy (non-hydrogen) atoms. The van der Waals surface area contributed by atoms with Crippen LogP contribution in [0, 0.1) is 0 Å². The highest BCUT2D eigenvalue weighted by atomic mass is 32.2. The van der Waals surface area contributed by atoms with Crippen LogP contribution >= 0.6 is 0 Å². The molecule has 130 valence electrons. The molecule has 9 heteroatoms. The Balaban J connectivity index is 2.36. The van der Waals surface area contributed by atoms with Gasteiger partial charge in [0.2, 0.25) is 0 Å². The molecule has 8 nitrogen and oxygen atoms in total. The lowest BCUT2D eigenvalue weighted by Crippen LogP contribution is -2.15. The van der Waals surface area contributed by atoms with Crippen molar-refractivity contribution in [3.05, 3.63) is 30.6 Å². The smallest absolute Gasteiger partial charge is 0.316 e. The molecule has 2 rings (SSSR count). The molecule has 0 bridgehead atoms. The summed E-state index contributed by atoms with van der Waals surface area (Å²) >= 11 is 0. The molecule has 1 aromatic carbocycles. The molecule has 0 aliphatic heterocycles. The monoisotopic (exact) mass is 353 g/mol. The highest BCUT2D eigenvalue weighted by Crippen LogP contribution is 2.30. The Labute approximate surface area is 140 Å². The number of benzene rings is 1. The van der Waals surface area contributed by atoms with E-state index < -0.39 is 10.0 Å². The van der Waals surface area contributed by atoms with Crippen molar-refractivity contribution in [1.29, 1.82) is 0 Å². The van der Waals surface area contributed by atoms with Crippen molar-refractivity contribution in [2.45, 2.75) is 18.7 Å². The molecule has 0 unspecified atom stereocenters. The van der Waals surface area contributed by atoms with Crippen LogP contribution in [0.3, 0.4) is 0 Å². The van der Waals surface area contributed by atoms with Gasteiger partial charge in [0.05, 0.1) is 38.4 Å². The zero-order chi connectivity index (χ0) is 17.6. The van der Waals surface area contributed by atoms with Gasteiger partial charge in [-0.25, -0.2) is 18.4 Å². The van der Waals surface area contributed by atoms with E-state index in [2.05, 4.69) is 14.7 Å². The van der Waals surface area contributed by atoms with Gasteiger partial charge < -0.3 is 14.2 Å². The molecule has 0 saturated heterocycles. The molecule has 0 saturated carbocycles.